The Bertz CT molecular complexity index is 1210. The lowest BCUT2D eigenvalue weighted by atomic mass is 9.91. The molecule has 2 amide bonds. The van der Waals surface area contributed by atoms with Gasteiger partial charge in [0.05, 0.1) is 30.5 Å². The van der Waals surface area contributed by atoms with Crippen LogP contribution in [0.4, 0.5) is 23.1 Å². The summed E-state index contributed by atoms with van der Waals surface area (Å²) in [5, 5.41) is 16.0. The number of rotatable bonds is 6. The average Bonchev–Trinajstić information content (AvgIpc) is 3.57. The van der Waals surface area contributed by atoms with Gasteiger partial charge >= 0.3 is 0 Å². The van der Waals surface area contributed by atoms with Crippen molar-refractivity contribution in [3.8, 4) is 5.75 Å². The van der Waals surface area contributed by atoms with Gasteiger partial charge in [0.2, 0.25) is 11.9 Å². The van der Waals surface area contributed by atoms with Gasteiger partial charge < -0.3 is 30.3 Å². The van der Waals surface area contributed by atoms with E-state index in [4.69, 9.17) is 9.72 Å². The maximum atomic E-state index is 13.2. The standard InChI is InChI=1S/C28H38N6O4/c1-28(2)16-34(19-7-5-6-8-19)24-22(33(3)26(28)37)15-29-27(32-24)31-21-12-9-17(13-23(21)38-4)25(36)30-18-10-11-20(35)14-18/h9,12-13,15,18-20,35H,5-8,10-11,14,16H2,1-4H3,(H,30,36)(H,29,31,32). The number of nitrogens with one attached hydrogen (secondary N) is 2. The van der Waals surface area contributed by atoms with Crippen molar-refractivity contribution in [1.29, 1.82) is 0 Å². The van der Waals surface area contributed by atoms with Crippen LogP contribution < -0.4 is 25.2 Å². The van der Waals surface area contributed by atoms with E-state index in [-0.39, 0.29) is 24.0 Å². The number of aliphatic hydroxyl groups excluding tert-OH is 1. The number of aromatic nitrogens is 2. The zero-order valence-corrected chi connectivity index (χ0v) is 22.7. The fraction of sp³-hybridized carbons (Fsp3) is 0.571. The molecule has 1 aliphatic heterocycles. The van der Waals surface area contributed by atoms with Crippen LogP contribution in [-0.4, -0.2) is 65.8 Å². The van der Waals surface area contributed by atoms with Crippen molar-refractivity contribution in [2.24, 2.45) is 5.41 Å². The Balaban J connectivity index is 1.41. The summed E-state index contributed by atoms with van der Waals surface area (Å²) in [6, 6.07) is 5.51. The van der Waals surface area contributed by atoms with E-state index in [1.807, 2.05) is 13.8 Å². The number of benzene rings is 1. The first-order chi connectivity index (χ1) is 18.2. The molecule has 10 heteroatoms. The maximum absolute atomic E-state index is 13.2. The molecule has 2 aliphatic carbocycles. The fourth-order valence-electron chi connectivity index (χ4n) is 5.94. The highest BCUT2D eigenvalue weighted by molar-refractivity contribution is 6.01. The van der Waals surface area contributed by atoms with E-state index in [0.29, 0.717) is 54.1 Å². The van der Waals surface area contributed by atoms with Crippen LogP contribution in [0.25, 0.3) is 0 Å². The Morgan fingerprint density at radius 3 is 2.63 bits per heavy atom. The van der Waals surface area contributed by atoms with Gasteiger partial charge in [-0.1, -0.05) is 12.8 Å². The Kier molecular flexibility index (Phi) is 7.17. The van der Waals surface area contributed by atoms with Gasteiger partial charge in [0.15, 0.2) is 5.82 Å². The number of hydrogen-bond donors (Lipinski definition) is 3. The molecular weight excluding hydrogens is 484 g/mol. The van der Waals surface area contributed by atoms with Crippen LogP contribution in [0.15, 0.2) is 24.4 Å². The van der Waals surface area contributed by atoms with E-state index < -0.39 is 5.41 Å². The highest BCUT2D eigenvalue weighted by Gasteiger charge is 2.41. The summed E-state index contributed by atoms with van der Waals surface area (Å²) in [7, 11) is 3.34. The first kappa shape index (κ1) is 26.2. The number of carbonyl (C=O) groups excluding carboxylic acids is 2. The SMILES string of the molecule is COc1cc(C(=O)NC2CCC(O)C2)ccc1Nc1ncc2c(n1)N(C1CCCC1)CC(C)(C)C(=O)N2C. The van der Waals surface area contributed by atoms with Crippen LogP contribution in [-0.2, 0) is 4.79 Å². The average molecular weight is 523 g/mol. The molecule has 1 aromatic heterocycles. The molecule has 3 aliphatic rings. The predicted octanol–water partition coefficient (Wildman–Crippen LogP) is 3.62. The second-order valence-corrected chi connectivity index (χ2v) is 11.4. The maximum Gasteiger partial charge on any atom is 0.251 e. The highest BCUT2D eigenvalue weighted by Crippen LogP contribution is 2.40. The van der Waals surface area contributed by atoms with Crippen molar-refractivity contribution in [2.45, 2.75) is 77.0 Å². The third kappa shape index (κ3) is 5.14. The van der Waals surface area contributed by atoms with Crippen LogP contribution in [0.2, 0.25) is 0 Å². The van der Waals surface area contributed by atoms with E-state index in [9.17, 15) is 14.7 Å². The quantitative estimate of drug-likeness (QED) is 0.526. The molecule has 10 nitrogen and oxygen atoms in total. The van der Waals surface area contributed by atoms with Crippen LogP contribution >= 0.6 is 0 Å². The smallest absolute Gasteiger partial charge is 0.251 e. The molecule has 2 aromatic rings. The number of aliphatic hydroxyl groups is 1. The first-order valence-corrected chi connectivity index (χ1v) is 13.5. The molecule has 0 radical (unpaired) electrons. The molecule has 2 atom stereocenters. The Morgan fingerprint density at radius 1 is 1.18 bits per heavy atom. The number of anilines is 4. The van der Waals surface area contributed by atoms with Gasteiger partial charge in [-0.2, -0.15) is 4.98 Å². The fourth-order valence-corrected chi connectivity index (χ4v) is 5.94. The van der Waals surface area contributed by atoms with Gasteiger partial charge in [0.25, 0.3) is 5.91 Å². The molecule has 38 heavy (non-hydrogen) atoms. The third-order valence-corrected chi connectivity index (χ3v) is 8.05. The monoisotopic (exact) mass is 522 g/mol. The summed E-state index contributed by atoms with van der Waals surface area (Å²) in [5.41, 5.74) is 1.26. The second-order valence-electron chi connectivity index (χ2n) is 11.4. The molecule has 2 heterocycles. The van der Waals surface area contributed by atoms with Crippen molar-refractivity contribution in [3.63, 3.8) is 0 Å². The van der Waals surface area contributed by atoms with Crippen LogP contribution in [0.5, 0.6) is 5.75 Å². The minimum atomic E-state index is -0.554. The van der Waals surface area contributed by atoms with Crippen molar-refractivity contribution in [1.82, 2.24) is 15.3 Å². The van der Waals surface area contributed by atoms with Gasteiger partial charge in [0, 0.05) is 31.2 Å². The summed E-state index contributed by atoms with van der Waals surface area (Å²) in [6.07, 6.45) is 7.92. The van der Waals surface area contributed by atoms with Crippen LogP contribution in [0.1, 0.15) is 69.2 Å². The first-order valence-electron chi connectivity index (χ1n) is 13.5. The largest absolute Gasteiger partial charge is 0.495 e. The Labute approximate surface area is 223 Å². The van der Waals surface area contributed by atoms with Gasteiger partial charge in [-0.05, 0) is 64.2 Å². The van der Waals surface area contributed by atoms with Crippen molar-refractivity contribution in [2.75, 3.05) is 35.8 Å². The summed E-state index contributed by atoms with van der Waals surface area (Å²) in [6.45, 7) is 4.57. The summed E-state index contributed by atoms with van der Waals surface area (Å²) in [4.78, 5) is 39.4. The van der Waals surface area contributed by atoms with Gasteiger partial charge in [-0.3, -0.25) is 9.59 Å². The third-order valence-electron chi connectivity index (χ3n) is 8.05. The number of carbonyl (C=O) groups is 2. The van der Waals surface area contributed by atoms with Crippen LogP contribution in [0, 0.1) is 5.41 Å². The Morgan fingerprint density at radius 2 is 1.95 bits per heavy atom. The number of hydrogen-bond acceptors (Lipinski definition) is 8. The number of nitrogens with zero attached hydrogens (tertiary/aromatic N) is 4. The molecule has 0 spiro atoms. The van der Waals surface area contributed by atoms with Crippen molar-refractivity contribution in [3.05, 3.63) is 30.0 Å². The van der Waals surface area contributed by atoms with Gasteiger partial charge in [-0.15, -0.1) is 0 Å². The van der Waals surface area contributed by atoms with E-state index >= 15 is 0 Å². The molecular formula is C28H38N6O4. The topological polar surface area (TPSA) is 120 Å². The molecule has 204 valence electrons. The molecule has 5 rings (SSSR count). The molecule has 0 saturated heterocycles. The van der Waals surface area contributed by atoms with E-state index in [2.05, 4.69) is 20.5 Å². The lowest BCUT2D eigenvalue weighted by Crippen LogP contribution is -2.45. The minimum Gasteiger partial charge on any atom is -0.495 e. The van der Waals surface area contributed by atoms with E-state index in [1.165, 1.54) is 12.8 Å². The van der Waals surface area contributed by atoms with Crippen LogP contribution in [0.3, 0.4) is 0 Å². The second kappa shape index (κ2) is 10.4. The normalized spacial score (nSPS) is 23.2. The van der Waals surface area contributed by atoms with Crippen molar-refractivity contribution < 1.29 is 19.4 Å². The summed E-state index contributed by atoms with van der Waals surface area (Å²) < 4.78 is 5.59. The molecule has 2 fully saturated rings. The van der Waals surface area contributed by atoms with E-state index in [0.717, 1.165) is 25.1 Å². The number of amides is 2. The molecule has 0 bridgehead atoms. The molecule has 3 N–H and O–H groups in total. The highest BCUT2D eigenvalue weighted by atomic mass is 16.5. The van der Waals surface area contributed by atoms with Gasteiger partial charge in [0.1, 0.15) is 11.4 Å². The lowest BCUT2D eigenvalue weighted by Gasteiger charge is -2.34. The summed E-state index contributed by atoms with van der Waals surface area (Å²) in [5.74, 6) is 1.49. The predicted molar refractivity (Wildman–Crippen MR) is 146 cm³/mol. The summed E-state index contributed by atoms with van der Waals surface area (Å²) >= 11 is 0. The van der Waals surface area contributed by atoms with Gasteiger partial charge in [-0.25, -0.2) is 4.98 Å². The number of ether oxygens (including phenoxy) is 1. The number of methoxy groups -OCH3 is 1. The molecule has 2 saturated carbocycles. The number of fused-ring (bicyclic) bond motifs is 1. The lowest BCUT2D eigenvalue weighted by molar-refractivity contribution is -0.125. The Hall–Kier alpha value is -3.40. The zero-order valence-electron chi connectivity index (χ0n) is 22.7. The van der Waals surface area contributed by atoms with Crippen molar-refractivity contribution >= 4 is 35.0 Å². The zero-order chi connectivity index (χ0) is 27.0. The molecule has 2 unspecified atom stereocenters. The van der Waals surface area contributed by atoms with E-state index in [1.54, 1.807) is 43.5 Å². The molecule has 1 aromatic carbocycles. The minimum absolute atomic E-state index is 0.0212.